The Hall–Kier alpha value is -2.43. The van der Waals surface area contributed by atoms with E-state index in [1.807, 2.05) is 56.8 Å². The largest absolute Gasteiger partial charge is 0.333 e. The number of aryl methyl sites for hydroxylation is 3. The number of rotatable bonds is 2. The quantitative estimate of drug-likeness (QED) is 0.716. The van der Waals surface area contributed by atoms with Crippen molar-refractivity contribution in [2.45, 2.75) is 20.8 Å². The van der Waals surface area contributed by atoms with Gasteiger partial charge in [-0.25, -0.2) is 0 Å². The van der Waals surface area contributed by atoms with Crippen LogP contribution >= 0.6 is 0 Å². The Morgan fingerprint density at radius 1 is 1.10 bits per heavy atom. The number of hydrogen-bond donors (Lipinski definition) is 0. The summed E-state index contributed by atoms with van der Waals surface area (Å²) in [6, 6.07) is 7.99. The highest BCUT2D eigenvalue weighted by Crippen LogP contribution is 2.28. The smallest absolute Gasteiger partial charge is 0.261 e. The van der Waals surface area contributed by atoms with Gasteiger partial charge in [-0.05, 0) is 26.3 Å². The van der Waals surface area contributed by atoms with Gasteiger partial charge in [0.1, 0.15) is 0 Å². The van der Waals surface area contributed by atoms with Gasteiger partial charge >= 0.3 is 0 Å². The molecule has 102 valence electrons. The molecule has 0 N–H and O–H groups in total. The molecule has 0 unspecified atom stereocenters. The molecule has 3 aromatic rings. The molecule has 0 aliphatic carbocycles. The average molecular weight is 268 g/mol. The summed E-state index contributed by atoms with van der Waals surface area (Å²) in [5.74, 6) is 1.13. The molecule has 0 fully saturated rings. The molecule has 20 heavy (non-hydrogen) atoms. The summed E-state index contributed by atoms with van der Waals surface area (Å²) in [6.45, 7) is 5.97. The van der Waals surface area contributed by atoms with Crippen molar-refractivity contribution in [1.82, 2.24) is 19.9 Å². The molecule has 0 radical (unpaired) electrons. The zero-order chi connectivity index (χ0) is 14.3. The maximum atomic E-state index is 5.42. The number of benzene rings is 1. The Morgan fingerprint density at radius 3 is 2.50 bits per heavy atom. The third-order valence-corrected chi connectivity index (χ3v) is 3.53. The van der Waals surface area contributed by atoms with E-state index in [1.165, 1.54) is 0 Å². The lowest BCUT2D eigenvalue weighted by molar-refractivity contribution is 0.432. The molecule has 0 bridgehead atoms. The number of nitrogens with zero attached hydrogens (tertiary/aromatic N) is 4. The lowest BCUT2D eigenvalue weighted by Gasteiger charge is -1.98. The fraction of sp³-hybridized carbons (Fsp3) is 0.267. The molecule has 5 nitrogen and oxygen atoms in total. The maximum Gasteiger partial charge on any atom is 0.261 e. The predicted molar refractivity (Wildman–Crippen MR) is 76.1 cm³/mol. The standard InChI is InChI=1S/C15H16N4O/c1-9-7-5-6-8-12(9)14-16-15(20-18-14)13-10(2)17-19(4)11(13)3/h5-8H,1-4H3. The van der Waals surface area contributed by atoms with Crippen molar-refractivity contribution in [3.63, 3.8) is 0 Å². The molecular weight excluding hydrogens is 252 g/mol. The van der Waals surface area contributed by atoms with Crippen LogP contribution in [0.1, 0.15) is 17.0 Å². The fourth-order valence-corrected chi connectivity index (χ4v) is 2.34. The molecule has 0 saturated heterocycles. The van der Waals surface area contributed by atoms with E-state index in [0.717, 1.165) is 28.1 Å². The molecule has 0 atom stereocenters. The lowest BCUT2D eigenvalue weighted by atomic mass is 10.1. The van der Waals surface area contributed by atoms with E-state index in [1.54, 1.807) is 0 Å². The number of aromatic nitrogens is 4. The second kappa shape index (κ2) is 4.59. The second-order valence-corrected chi connectivity index (χ2v) is 4.91. The lowest BCUT2D eigenvalue weighted by Crippen LogP contribution is -1.92. The van der Waals surface area contributed by atoms with Crippen LogP contribution in [-0.2, 0) is 7.05 Å². The minimum absolute atomic E-state index is 0.520. The SMILES string of the molecule is Cc1ccccc1-c1noc(-c2c(C)nn(C)c2C)n1. The van der Waals surface area contributed by atoms with Gasteiger partial charge < -0.3 is 4.52 Å². The molecule has 2 aromatic heterocycles. The van der Waals surface area contributed by atoms with Crippen LogP contribution in [0.15, 0.2) is 28.8 Å². The summed E-state index contributed by atoms with van der Waals surface area (Å²) in [5.41, 5.74) is 4.94. The van der Waals surface area contributed by atoms with E-state index in [9.17, 15) is 0 Å². The highest BCUT2D eigenvalue weighted by Gasteiger charge is 2.19. The molecule has 2 heterocycles. The van der Waals surface area contributed by atoms with Crippen molar-refractivity contribution in [2.75, 3.05) is 0 Å². The van der Waals surface area contributed by atoms with Crippen molar-refractivity contribution < 1.29 is 4.52 Å². The zero-order valence-corrected chi connectivity index (χ0v) is 12.0. The zero-order valence-electron chi connectivity index (χ0n) is 12.0. The van der Waals surface area contributed by atoms with Gasteiger partial charge in [0.05, 0.1) is 11.3 Å². The van der Waals surface area contributed by atoms with E-state index in [4.69, 9.17) is 4.52 Å². The molecule has 5 heteroatoms. The molecule has 0 amide bonds. The summed E-state index contributed by atoms with van der Waals surface area (Å²) < 4.78 is 7.24. The summed E-state index contributed by atoms with van der Waals surface area (Å²) in [7, 11) is 1.91. The van der Waals surface area contributed by atoms with Crippen molar-refractivity contribution in [3.8, 4) is 22.8 Å². The van der Waals surface area contributed by atoms with Crippen molar-refractivity contribution in [1.29, 1.82) is 0 Å². The topological polar surface area (TPSA) is 56.7 Å². The van der Waals surface area contributed by atoms with Crippen LogP contribution in [-0.4, -0.2) is 19.9 Å². The van der Waals surface area contributed by atoms with Gasteiger partial charge in [-0.15, -0.1) is 0 Å². The van der Waals surface area contributed by atoms with E-state index in [-0.39, 0.29) is 0 Å². The first-order valence-corrected chi connectivity index (χ1v) is 6.48. The monoisotopic (exact) mass is 268 g/mol. The van der Waals surface area contributed by atoms with Crippen LogP contribution in [0.25, 0.3) is 22.8 Å². The maximum absolute atomic E-state index is 5.42. The van der Waals surface area contributed by atoms with Gasteiger partial charge in [0.2, 0.25) is 5.82 Å². The van der Waals surface area contributed by atoms with Gasteiger partial charge in [-0.1, -0.05) is 29.4 Å². The average Bonchev–Trinajstić information content (AvgIpc) is 2.96. The van der Waals surface area contributed by atoms with Crippen LogP contribution in [0.4, 0.5) is 0 Å². The van der Waals surface area contributed by atoms with Crippen molar-refractivity contribution in [2.24, 2.45) is 7.05 Å². The van der Waals surface area contributed by atoms with E-state index < -0.39 is 0 Å². The molecule has 0 saturated carbocycles. The van der Waals surface area contributed by atoms with Crippen molar-refractivity contribution >= 4 is 0 Å². The Morgan fingerprint density at radius 2 is 1.85 bits per heavy atom. The van der Waals surface area contributed by atoms with Crippen LogP contribution < -0.4 is 0 Å². The Labute approximate surface area is 117 Å². The summed E-state index contributed by atoms with van der Waals surface area (Å²) in [5, 5.41) is 8.47. The normalized spacial score (nSPS) is 11.0. The van der Waals surface area contributed by atoms with Crippen LogP contribution in [0.3, 0.4) is 0 Å². The summed E-state index contributed by atoms with van der Waals surface area (Å²) in [4.78, 5) is 4.52. The van der Waals surface area contributed by atoms with Crippen molar-refractivity contribution in [3.05, 3.63) is 41.2 Å². The van der Waals surface area contributed by atoms with E-state index in [2.05, 4.69) is 15.2 Å². The Balaban J connectivity index is 2.09. The van der Waals surface area contributed by atoms with Gasteiger partial charge in [-0.2, -0.15) is 10.1 Å². The third kappa shape index (κ3) is 1.91. The molecule has 0 aliphatic heterocycles. The van der Waals surface area contributed by atoms with Gasteiger partial charge in [0, 0.05) is 18.3 Å². The van der Waals surface area contributed by atoms with E-state index >= 15 is 0 Å². The second-order valence-electron chi connectivity index (χ2n) is 4.91. The minimum Gasteiger partial charge on any atom is -0.333 e. The predicted octanol–water partition coefficient (Wildman–Crippen LogP) is 3.06. The van der Waals surface area contributed by atoms with Crippen LogP contribution in [0, 0.1) is 20.8 Å². The Bertz CT molecular complexity index is 770. The van der Waals surface area contributed by atoms with E-state index in [0.29, 0.717) is 11.7 Å². The van der Waals surface area contributed by atoms with Gasteiger partial charge in [0.25, 0.3) is 5.89 Å². The van der Waals surface area contributed by atoms with Gasteiger partial charge in [0.15, 0.2) is 0 Å². The van der Waals surface area contributed by atoms with Crippen LogP contribution in [0.2, 0.25) is 0 Å². The highest BCUT2D eigenvalue weighted by molar-refractivity contribution is 5.64. The first-order chi connectivity index (χ1) is 9.58. The summed E-state index contributed by atoms with van der Waals surface area (Å²) >= 11 is 0. The van der Waals surface area contributed by atoms with Gasteiger partial charge in [-0.3, -0.25) is 4.68 Å². The first-order valence-electron chi connectivity index (χ1n) is 6.48. The first kappa shape index (κ1) is 12.6. The summed E-state index contributed by atoms with van der Waals surface area (Å²) in [6.07, 6.45) is 0. The molecule has 1 aromatic carbocycles. The minimum atomic E-state index is 0.520. The number of hydrogen-bond acceptors (Lipinski definition) is 4. The third-order valence-electron chi connectivity index (χ3n) is 3.53. The Kier molecular flexibility index (Phi) is 2.89. The molecule has 0 aliphatic rings. The fourth-order valence-electron chi connectivity index (χ4n) is 2.34. The molecule has 0 spiro atoms. The highest BCUT2D eigenvalue weighted by atomic mass is 16.5. The molecule has 3 rings (SSSR count). The molecular formula is C15H16N4O. The van der Waals surface area contributed by atoms with Crippen LogP contribution in [0.5, 0.6) is 0 Å².